The highest BCUT2D eigenvalue weighted by molar-refractivity contribution is 5.77. The van der Waals surface area contributed by atoms with Gasteiger partial charge in [-0.1, -0.05) is 0 Å². The Morgan fingerprint density at radius 1 is 1.00 bits per heavy atom. The van der Waals surface area contributed by atoms with Crippen molar-refractivity contribution in [2.24, 2.45) is 5.18 Å². The summed E-state index contributed by atoms with van der Waals surface area (Å²) in [7, 11) is 0. The first-order chi connectivity index (χ1) is 18.4. The Morgan fingerprint density at radius 3 is 2.31 bits per heavy atom. The van der Waals surface area contributed by atoms with Crippen LogP contribution in [0.25, 0.3) is 0 Å². The van der Waals surface area contributed by atoms with Crippen molar-refractivity contribution in [1.82, 2.24) is 9.88 Å². The van der Waals surface area contributed by atoms with Crippen LogP contribution in [0.2, 0.25) is 0 Å². The molecule has 1 N–H and O–H groups in total. The van der Waals surface area contributed by atoms with E-state index in [4.69, 9.17) is 4.74 Å². The molecule has 1 aliphatic heterocycles. The summed E-state index contributed by atoms with van der Waals surface area (Å²) < 4.78 is 83.2. The standard InChI is InChI=1S/C25H27F6N5O3/c26-24(27,28)15-23(37)36-11-9-35(10-12-36)22-14-19(7-8-32-22)39-18-4-1-16(2-5-18)33-17-3-6-21(34-38)20(13-17)25(29,30)31/h3,6-8,13-14,16,18,33H,1-2,4-5,9-12,15H2. The van der Waals surface area contributed by atoms with Gasteiger partial charge in [0.25, 0.3) is 0 Å². The maximum atomic E-state index is 13.2. The van der Waals surface area contributed by atoms with E-state index in [-0.39, 0.29) is 30.9 Å². The number of hydrogen-bond donors (Lipinski definition) is 1. The molecule has 2 aromatic rings. The van der Waals surface area contributed by atoms with Gasteiger partial charge in [0.1, 0.15) is 23.7 Å². The van der Waals surface area contributed by atoms with E-state index in [9.17, 15) is 36.0 Å². The van der Waals surface area contributed by atoms with Crippen LogP contribution in [-0.4, -0.2) is 60.3 Å². The molecule has 2 aliphatic rings. The number of piperazine rings is 1. The summed E-state index contributed by atoms with van der Waals surface area (Å²) in [4.78, 5) is 29.9. The Labute approximate surface area is 220 Å². The van der Waals surface area contributed by atoms with Crippen molar-refractivity contribution in [2.75, 3.05) is 36.4 Å². The molecule has 1 aliphatic carbocycles. The molecule has 1 aromatic heterocycles. The summed E-state index contributed by atoms with van der Waals surface area (Å²) in [5, 5.41) is 5.56. The second kappa shape index (κ2) is 11.7. The quantitative estimate of drug-likeness (QED) is 0.336. The average Bonchev–Trinajstić information content (AvgIpc) is 2.88. The van der Waals surface area contributed by atoms with E-state index < -0.39 is 35.9 Å². The molecule has 1 amide bonds. The first-order valence-electron chi connectivity index (χ1n) is 12.4. The van der Waals surface area contributed by atoms with Gasteiger partial charge in [0.15, 0.2) is 0 Å². The smallest absolute Gasteiger partial charge is 0.418 e. The maximum Gasteiger partial charge on any atom is 0.418 e. The van der Waals surface area contributed by atoms with Crippen LogP contribution in [0.4, 0.5) is 43.5 Å². The van der Waals surface area contributed by atoms with E-state index in [0.717, 1.165) is 12.1 Å². The summed E-state index contributed by atoms with van der Waals surface area (Å²) >= 11 is 0. The van der Waals surface area contributed by atoms with Crippen LogP contribution in [0.5, 0.6) is 5.75 Å². The summed E-state index contributed by atoms with van der Waals surface area (Å²) in [6.07, 6.45) is -6.58. The molecule has 4 rings (SSSR count). The second-order valence-electron chi connectivity index (χ2n) is 9.57. The lowest BCUT2D eigenvalue weighted by Gasteiger charge is -2.35. The van der Waals surface area contributed by atoms with Gasteiger partial charge in [0.2, 0.25) is 5.91 Å². The topological polar surface area (TPSA) is 87.1 Å². The predicted molar refractivity (Wildman–Crippen MR) is 131 cm³/mol. The van der Waals surface area contributed by atoms with Gasteiger partial charge in [-0.05, 0) is 55.1 Å². The van der Waals surface area contributed by atoms with Crippen LogP contribution in [0.1, 0.15) is 37.7 Å². The molecule has 2 fully saturated rings. The predicted octanol–water partition coefficient (Wildman–Crippen LogP) is 5.90. The van der Waals surface area contributed by atoms with E-state index in [1.165, 1.54) is 11.0 Å². The van der Waals surface area contributed by atoms with E-state index in [2.05, 4.69) is 15.5 Å². The van der Waals surface area contributed by atoms with Crippen LogP contribution in [0, 0.1) is 4.91 Å². The number of alkyl halides is 6. The summed E-state index contributed by atoms with van der Waals surface area (Å²) in [6, 6.07) is 6.74. The SMILES string of the molecule is O=Nc1ccc(NC2CCC(Oc3ccnc(N4CCN(C(=O)CC(F)(F)F)CC4)c3)CC2)cc1C(F)(F)F. The van der Waals surface area contributed by atoms with Gasteiger partial charge in [-0.25, -0.2) is 4.98 Å². The third kappa shape index (κ3) is 7.73. The Bertz CT molecular complexity index is 1160. The number of benzene rings is 1. The van der Waals surface area contributed by atoms with Crippen molar-refractivity contribution in [3.05, 3.63) is 47.0 Å². The number of ether oxygens (including phenoxy) is 1. The van der Waals surface area contributed by atoms with Gasteiger partial charge in [0, 0.05) is 50.2 Å². The van der Waals surface area contributed by atoms with Gasteiger partial charge < -0.3 is 19.9 Å². The highest BCUT2D eigenvalue weighted by Gasteiger charge is 2.36. The molecule has 212 valence electrons. The minimum absolute atomic E-state index is 0.0645. The number of carbonyl (C=O) groups excluding carboxylic acids is 1. The molecule has 39 heavy (non-hydrogen) atoms. The molecule has 0 unspecified atom stereocenters. The number of nitroso groups, excluding NO2 is 1. The molecule has 2 heterocycles. The van der Waals surface area contributed by atoms with Crippen LogP contribution in [0.15, 0.2) is 41.7 Å². The van der Waals surface area contributed by atoms with E-state index in [1.54, 1.807) is 18.3 Å². The number of halogens is 6. The molecule has 1 saturated heterocycles. The molecule has 0 spiro atoms. The number of aromatic nitrogens is 1. The van der Waals surface area contributed by atoms with Crippen LogP contribution < -0.4 is 15.0 Å². The third-order valence-electron chi connectivity index (χ3n) is 6.77. The van der Waals surface area contributed by atoms with Gasteiger partial charge >= 0.3 is 12.4 Å². The molecule has 1 aromatic carbocycles. The van der Waals surface area contributed by atoms with E-state index >= 15 is 0 Å². The van der Waals surface area contributed by atoms with Crippen molar-refractivity contribution in [3.8, 4) is 5.75 Å². The number of carbonyl (C=O) groups is 1. The highest BCUT2D eigenvalue weighted by atomic mass is 19.4. The Hall–Kier alpha value is -3.58. The van der Waals surface area contributed by atoms with Crippen molar-refractivity contribution in [3.63, 3.8) is 0 Å². The largest absolute Gasteiger partial charge is 0.490 e. The fourth-order valence-electron chi connectivity index (χ4n) is 4.80. The van der Waals surface area contributed by atoms with Crippen molar-refractivity contribution in [1.29, 1.82) is 0 Å². The Morgan fingerprint density at radius 2 is 1.69 bits per heavy atom. The van der Waals surface area contributed by atoms with Crippen molar-refractivity contribution < 1.29 is 35.9 Å². The molecule has 0 radical (unpaired) electrons. The molecular formula is C25H27F6N5O3. The normalized spacial score (nSPS) is 20.5. The van der Waals surface area contributed by atoms with Gasteiger partial charge in [-0.3, -0.25) is 4.79 Å². The minimum Gasteiger partial charge on any atom is -0.490 e. The van der Waals surface area contributed by atoms with Gasteiger partial charge in [-0.2, -0.15) is 26.3 Å². The lowest BCUT2D eigenvalue weighted by molar-refractivity contribution is -0.161. The highest BCUT2D eigenvalue weighted by Crippen LogP contribution is 2.38. The van der Waals surface area contributed by atoms with E-state index in [0.29, 0.717) is 50.3 Å². The lowest BCUT2D eigenvalue weighted by atomic mass is 9.92. The number of hydrogen-bond acceptors (Lipinski definition) is 7. The van der Waals surface area contributed by atoms with Gasteiger partial charge in [0.05, 0.1) is 11.7 Å². The zero-order valence-electron chi connectivity index (χ0n) is 20.8. The summed E-state index contributed by atoms with van der Waals surface area (Å²) in [5.41, 5.74) is -1.47. The molecule has 0 atom stereocenters. The summed E-state index contributed by atoms with van der Waals surface area (Å²) in [5.74, 6) is 0.242. The molecule has 0 bridgehead atoms. The van der Waals surface area contributed by atoms with Crippen LogP contribution >= 0.6 is 0 Å². The zero-order valence-corrected chi connectivity index (χ0v) is 20.8. The minimum atomic E-state index is -4.69. The third-order valence-corrected chi connectivity index (χ3v) is 6.77. The first kappa shape index (κ1) is 28.4. The maximum absolute atomic E-state index is 13.2. The molecule has 8 nitrogen and oxygen atoms in total. The van der Waals surface area contributed by atoms with Crippen molar-refractivity contribution in [2.45, 2.75) is 56.6 Å². The molecule has 1 saturated carbocycles. The second-order valence-corrected chi connectivity index (χ2v) is 9.57. The number of anilines is 2. The lowest BCUT2D eigenvalue weighted by Crippen LogP contribution is -2.49. The van der Waals surface area contributed by atoms with Crippen LogP contribution in [0.3, 0.4) is 0 Å². The molecule has 14 heteroatoms. The first-order valence-corrected chi connectivity index (χ1v) is 12.4. The van der Waals surface area contributed by atoms with E-state index in [1.807, 2.05) is 4.90 Å². The van der Waals surface area contributed by atoms with Gasteiger partial charge in [-0.15, -0.1) is 4.91 Å². The fraction of sp³-hybridized carbons (Fsp3) is 0.520. The van der Waals surface area contributed by atoms with Crippen LogP contribution in [-0.2, 0) is 11.0 Å². The zero-order chi connectivity index (χ0) is 28.2. The van der Waals surface area contributed by atoms with Crippen molar-refractivity contribution >= 4 is 23.1 Å². The number of pyridine rings is 1. The number of nitrogens with one attached hydrogen (secondary N) is 1. The Balaban J connectivity index is 1.27. The number of rotatable bonds is 7. The Kier molecular flexibility index (Phi) is 8.50. The molecular weight excluding hydrogens is 532 g/mol. The number of amides is 1. The number of nitrogens with zero attached hydrogens (tertiary/aromatic N) is 4. The fourth-order valence-corrected chi connectivity index (χ4v) is 4.80. The summed E-state index contributed by atoms with van der Waals surface area (Å²) in [6.45, 7) is 1.02. The monoisotopic (exact) mass is 559 g/mol. The average molecular weight is 560 g/mol.